The van der Waals surface area contributed by atoms with Crippen LogP contribution >= 0.6 is 11.3 Å². The first-order valence-electron chi connectivity index (χ1n) is 8.45. The Morgan fingerprint density at radius 3 is 2.77 bits per heavy atom. The van der Waals surface area contributed by atoms with E-state index >= 15 is 0 Å². The largest absolute Gasteiger partial charge is 0.462 e. The van der Waals surface area contributed by atoms with Crippen molar-refractivity contribution in [3.05, 3.63) is 57.7 Å². The van der Waals surface area contributed by atoms with Crippen LogP contribution < -0.4 is 5.56 Å². The van der Waals surface area contributed by atoms with Crippen LogP contribution in [0.25, 0.3) is 10.8 Å². The van der Waals surface area contributed by atoms with Gasteiger partial charge in [0.2, 0.25) is 0 Å². The van der Waals surface area contributed by atoms with Crippen LogP contribution in [0.2, 0.25) is 0 Å². The molecule has 0 N–H and O–H groups in total. The molecule has 3 aromatic heterocycles. The maximum Gasteiger partial charge on any atom is 0.263 e. The van der Waals surface area contributed by atoms with Crippen LogP contribution in [0.3, 0.4) is 0 Å². The molecule has 0 radical (unpaired) electrons. The van der Waals surface area contributed by atoms with Crippen molar-refractivity contribution < 1.29 is 9.21 Å². The van der Waals surface area contributed by atoms with Gasteiger partial charge in [-0.1, -0.05) is 11.3 Å². The fourth-order valence-electron chi connectivity index (χ4n) is 3.16. The summed E-state index contributed by atoms with van der Waals surface area (Å²) < 4.78 is 6.79. The number of likely N-dealkylation sites (tertiary alicyclic amines) is 1. The summed E-state index contributed by atoms with van der Waals surface area (Å²) in [6.45, 7) is 1.22. The first-order valence-corrected chi connectivity index (χ1v) is 9.27. The van der Waals surface area contributed by atoms with Crippen LogP contribution in [0.1, 0.15) is 34.1 Å². The van der Waals surface area contributed by atoms with Crippen molar-refractivity contribution in [3.63, 3.8) is 0 Å². The molecule has 134 valence electrons. The standard InChI is InChI=1S/C18H18N4O3S/c1-21-8-2-4-13(17(21)23)18(24)22-9-6-12(7-10-22)15-19-20-16(26-15)14-5-3-11-25-14/h2-5,8,11-12H,6-7,9-10H2,1H3. The molecular weight excluding hydrogens is 352 g/mol. The fraction of sp³-hybridized carbons (Fsp3) is 0.333. The minimum absolute atomic E-state index is 0.196. The molecule has 8 heteroatoms. The molecule has 1 fully saturated rings. The van der Waals surface area contributed by atoms with E-state index in [1.54, 1.807) is 36.5 Å². The van der Waals surface area contributed by atoms with E-state index in [4.69, 9.17) is 4.42 Å². The van der Waals surface area contributed by atoms with Crippen LogP contribution in [0.15, 0.2) is 45.9 Å². The molecule has 4 rings (SSSR count). The van der Waals surface area contributed by atoms with Gasteiger partial charge in [-0.05, 0) is 37.1 Å². The third-order valence-electron chi connectivity index (χ3n) is 4.66. The van der Waals surface area contributed by atoms with Gasteiger partial charge < -0.3 is 13.9 Å². The predicted octanol–water partition coefficient (Wildman–Crippen LogP) is 2.52. The van der Waals surface area contributed by atoms with E-state index in [9.17, 15) is 9.59 Å². The summed E-state index contributed by atoms with van der Waals surface area (Å²) in [6, 6.07) is 7.01. The zero-order valence-electron chi connectivity index (χ0n) is 14.3. The number of pyridine rings is 1. The number of aromatic nitrogens is 3. The van der Waals surface area contributed by atoms with Gasteiger partial charge in [-0.2, -0.15) is 0 Å². The van der Waals surface area contributed by atoms with Crippen molar-refractivity contribution in [2.75, 3.05) is 13.1 Å². The van der Waals surface area contributed by atoms with E-state index in [2.05, 4.69) is 10.2 Å². The molecule has 0 unspecified atom stereocenters. The lowest BCUT2D eigenvalue weighted by molar-refractivity contribution is 0.0710. The second-order valence-electron chi connectivity index (χ2n) is 6.33. The summed E-state index contributed by atoms with van der Waals surface area (Å²) in [5, 5.41) is 10.3. The van der Waals surface area contributed by atoms with Crippen LogP contribution in [-0.4, -0.2) is 38.7 Å². The molecule has 0 aliphatic carbocycles. The average Bonchev–Trinajstić information content (AvgIpc) is 3.35. The van der Waals surface area contributed by atoms with Gasteiger partial charge in [0, 0.05) is 32.3 Å². The van der Waals surface area contributed by atoms with Crippen molar-refractivity contribution in [2.45, 2.75) is 18.8 Å². The first kappa shape index (κ1) is 16.7. The van der Waals surface area contributed by atoms with Crippen molar-refractivity contribution >= 4 is 17.2 Å². The molecular formula is C18H18N4O3S. The molecule has 4 heterocycles. The quantitative estimate of drug-likeness (QED) is 0.708. The number of carbonyl (C=O) groups excluding carboxylic acids is 1. The van der Waals surface area contributed by atoms with Crippen molar-refractivity contribution in [2.24, 2.45) is 7.05 Å². The summed E-state index contributed by atoms with van der Waals surface area (Å²) in [4.78, 5) is 26.5. The summed E-state index contributed by atoms with van der Waals surface area (Å²) in [6.07, 6.45) is 4.89. The Kier molecular flexibility index (Phi) is 4.42. The van der Waals surface area contributed by atoms with Crippen molar-refractivity contribution in [1.29, 1.82) is 0 Å². The van der Waals surface area contributed by atoms with Crippen LogP contribution in [0, 0.1) is 0 Å². The highest BCUT2D eigenvalue weighted by Gasteiger charge is 2.28. The predicted molar refractivity (Wildman–Crippen MR) is 97.2 cm³/mol. The minimum atomic E-state index is -0.258. The highest BCUT2D eigenvalue weighted by Crippen LogP contribution is 2.33. The zero-order chi connectivity index (χ0) is 18.1. The molecule has 1 amide bonds. The van der Waals surface area contributed by atoms with Gasteiger partial charge in [-0.3, -0.25) is 9.59 Å². The normalized spacial score (nSPS) is 15.3. The smallest absolute Gasteiger partial charge is 0.263 e. The lowest BCUT2D eigenvalue weighted by Crippen LogP contribution is -2.40. The molecule has 1 aliphatic heterocycles. The van der Waals surface area contributed by atoms with E-state index in [1.807, 2.05) is 12.1 Å². The Hall–Kier alpha value is -2.74. The van der Waals surface area contributed by atoms with Gasteiger partial charge in [0.1, 0.15) is 10.6 Å². The molecule has 3 aromatic rings. The molecule has 0 bridgehead atoms. The SMILES string of the molecule is Cn1cccc(C(=O)N2CCC(c3nnc(-c4ccco4)s3)CC2)c1=O. The Morgan fingerprint density at radius 1 is 1.23 bits per heavy atom. The molecule has 0 spiro atoms. The lowest BCUT2D eigenvalue weighted by Gasteiger charge is -2.30. The third kappa shape index (κ3) is 3.08. The molecule has 7 nitrogen and oxygen atoms in total. The van der Waals surface area contributed by atoms with E-state index in [0.717, 1.165) is 28.6 Å². The summed E-state index contributed by atoms with van der Waals surface area (Å²) in [7, 11) is 1.65. The Morgan fingerprint density at radius 2 is 2.04 bits per heavy atom. The molecule has 1 aliphatic rings. The Balaban J connectivity index is 1.43. The van der Waals surface area contributed by atoms with Gasteiger partial charge in [0.25, 0.3) is 11.5 Å². The topological polar surface area (TPSA) is 81.2 Å². The number of furan rings is 1. The highest BCUT2D eigenvalue weighted by atomic mass is 32.1. The van der Waals surface area contributed by atoms with Crippen molar-refractivity contribution in [3.8, 4) is 10.8 Å². The third-order valence-corrected chi connectivity index (χ3v) is 5.76. The monoisotopic (exact) mass is 370 g/mol. The van der Waals surface area contributed by atoms with Gasteiger partial charge >= 0.3 is 0 Å². The Bertz CT molecular complexity index is 968. The van der Waals surface area contributed by atoms with Crippen LogP contribution in [0.4, 0.5) is 0 Å². The zero-order valence-corrected chi connectivity index (χ0v) is 15.1. The van der Waals surface area contributed by atoms with Gasteiger partial charge in [0.15, 0.2) is 10.8 Å². The lowest BCUT2D eigenvalue weighted by atomic mass is 9.97. The second-order valence-corrected chi connectivity index (χ2v) is 7.34. The van der Waals surface area contributed by atoms with Crippen molar-refractivity contribution in [1.82, 2.24) is 19.7 Å². The maximum atomic E-state index is 12.7. The van der Waals surface area contributed by atoms with E-state index in [1.165, 1.54) is 15.9 Å². The number of amides is 1. The number of rotatable bonds is 3. The van der Waals surface area contributed by atoms with Gasteiger partial charge in [0.05, 0.1) is 6.26 Å². The second kappa shape index (κ2) is 6.87. The molecule has 0 atom stereocenters. The van der Waals surface area contributed by atoms with E-state index < -0.39 is 0 Å². The first-order chi connectivity index (χ1) is 12.6. The van der Waals surface area contributed by atoms with Gasteiger partial charge in [-0.15, -0.1) is 10.2 Å². The molecule has 26 heavy (non-hydrogen) atoms. The number of aryl methyl sites for hydroxylation is 1. The number of carbonyl (C=O) groups is 1. The number of nitrogens with zero attached hydrogens (tertiary/aromatic N) is 4. The highest BCUT2D eigenvalue weighted by molar-refractivity contribution is 7.14. The van der Waals surface area contributed by atoms with Crippen LogP contribution in [-0.2, 0) is 7.05 Å². The minimum Gasteiger partial charge on any atom is -0.462 e. The number of hydrogen-bond acceptors (Lipinski definition) is 6. The van der Waals surface area contributed by atoms with Gasteiger partial charge in [-0.25, -0.2) is 0 Å². The van der Waals surface area contributed by atoms with E-state index in [0.29, 0.717) is 13.1 Å². The molecule has 0 aromatic carbocycles. The van der Waals surface area contributed by atoms with E-state index in [-0.39, 0.29) is 22.9 Å². The maximum absolute atomic E-state index is 12.7. The number of piperidine rings is 1. The summed E-state index contributed by atoms with van der Waals surface area (Å²) >= 11 is 1.53. The Labute approximate surface area is 153 Å². The molecule has 1 saturated heterocycles. The summed E-state index contributed by atoms with van der Waals surface area (Å²) in [5.41, 5.74) is -0.0312. The average molecular weight is 370 g/mol. The fourth-order valence-corrected chi connectivity index (χ4v) is 4.14. The summed E-state index contributed by atoms with van der Waals surface area (Å²) in [5.74, 6) is 0.804. The molecule has 0 saturated carbocycles. The number of hydrogen-bond donors (Lipinski definition) is 0. The van der Waals surface area contributed by atoms with Crippen LogP contribution in [0.5, 0.6) is 0 Å².